The fourth-order valence-corrected chi connectivity index (χ4v) is 1.88. The van der Waals surface area contributed by atoms with Crippen molar-refractivity contribution in [3.05, 3.63) is 23.8 Å². The van der Waals surface area contributed by atoms with Gasteiger partial charge >= 0.3 is 0 Å². The minimum Gasteiger partial charge on any atom is -0.497 e. The smallest absolute Gasteiger partial charge is 0.127 e. The van der Waals surface area contributed by atoms with Gasteiger partial charge in [0.15, 0.2) is 0 Å². The molecule has 1 aromatic carbocycles. The first-order chi connectivity index (χ1) is 8.28. The van der Waals surface area contributed by atoms with Crippen molar-refractivity contribution >= 4 is 0 Å². The molecule has 2 rings (SSSR count). The van der Waals surface area contributed by atoms with E-state index in [1.165, 1.54) is 12.8 Å². The minimum atomic E-state index is -0.0663. The van der Waals surface area contributed by atoms with E-state index in [2.05, 4.69) is 5.32 Å². The lowest BCUT2D eigenvalue weighted by atomic mass is 10.1. The zero-order valence-corrected chi connectivity index (χ0v) is 10.3. The molecule has 1 aliphatic carbocycles. The van der Waals surface area contributed by atoms with Gasteiger partial charge in [-0.3, -0.25) is 0 Å². The molecule has 4 heteroatoms. The first-order valence-electron chi connectivity index (χ1n) is 5.87. The van der Waals surface area contributed by atoms with E-state index in [9.17, 15) is 5.11 Å². The molecule has 17 heavy (non-hydrogen) atoms. The van der Waals surface area contributed by atoms with E-state index in [1.807, 2.05) is 18.2 Å². The minimum absolute atomic E-state index is 0.0663. The van der Waals surface area contributed by atoms with Crippen LogP contribution in [0.25, 0.3) is 0 Å². The Balaban J connectivity index is 2.21. The maximum atomic E-state index is 9.45. The van der Waals surface area contributed by atoms with Crippen molar-refractivity contribution in [3.63, 3.8) is 0 Å². The normalized spacial score (nSPS) is 16.6. The van der Waals surface area contributed by atoms with E-state index in [1.54, 1.807) is 14.2 Å². The van der Waals surface area contributed by atoms with Crippen LogP contribution in [0.5, 0.6) is 11.5 Å². The summed E-state index contributed by atoms with van der Waals surface area (Å²) in [6.07, 6.45) is 2.38. The highest BCUT2D eigenvalue weighted by molar-refractivity contribution is 5.42. The molecular formula is C13H19NO3. The SMILES string of the molecule is COc1ccc(C(CO)NC2CC2)c(OC)c1. The second kappa shape index (κ2) is 5.38. The summed E-state index contributed by atoms with van der Waals surface area (Å²) >= 11 is 0. The molecule has 0 aliphatic heterocycles. The van der Waals surface area contributed by atoms with E-state index in [-0.39, 0.29) is 12.6 Å². The molecule has 0 radical (unpaired) electrons. The number of ether oxygens (including phenoxy) is 2. The lowest BCUT2D eigenvalue weighted by Gasteiger charge is -2.19. The third-order valence-electron chi connectivity index (χ3n) is 3.01. The summed E-state index contributed by atoms with van der Waals surface area (Å²) in [4.78, 5) is 0. The molecular weight excluding hydrogens is 218 g/mol. The topological polar surface area (TPSA) is 50.7 Å². The molecule has 1 fully saturated rings. The molecule has 94 valence electrons. The Morgan fingerprint density at radius 1 is 1.35 bits per heavy atom. The van der Waals surface area contributed by atoms with Crippen LogP contribution in [0.1, 0.15) is 24.4 Å². The quantitative estimate of drug-likeness (QED) is 0.787. The maximum absolute atomic E-state index is 9.45. The first kappa shape index (κ1) is 12.2. The number of benzene rings is 1. The van der Waals surface area contributed by atoms with Crippen LogP contribution in [0.2, 0.25) is 0 Å². The lowest BCUT2D eigenvalue weighted by molar-refractivity contribution is 0.239. The molecule has 1 aliphatic rings. The Morgan fingerprint density at radius 2 is 2.12 bits per heavy atom. The second-order valence-corrected chi connectivity index (χ2v) is 4.28. The van der Waals surface area contributed by atoms with Crippen molar-refractivity contribution in [2.45, 2.75) is 24.9 Å². The van der Waals surface area contributed by atoms with Crippen molar-refractivity contribution in [1.29, 1.82) is 0 Å². The average Bonchev–Trinajstić information content (AvgIpc) is 3.19. The number of hydrogen-bond acceptors (Lipinski definition) is 4. The van der Waals surface area contributed by atoms with Gasteiger partial charge in [0.1, 0.15) is 11.5 Å². The Kier molecular flexibility index (Phi) is 3.86. The zero-order chi connectivity index (χ0) is 12.3. The van der Waals surface area contributed by atoms with Gasteiger partial charge in [0, 0.05) is 17.7 Å². The molecule has 0 saturated heterocycles. The van der Waals surface area contributed by atoms with Gasteiger partial charge in [-0.15, -0.1) is 0 Å². The fraction of sp³-hybridized carbons (Fsp3) is 0.538. The molecule has 1 saturated carbocycles. The molecule has 2 N–H and O–H groups in total. The van der Waals surface area contributed by atoms with Crippen molar-refractivity contribution in [2.75, 3.05) is 20.8 Å². The van der Waals surface area contributed by atoms with Crippen LogP contribution < -0.4 is 14.8 Å². The number of nitrogens with one attached hydrogen (secondary N) is 1. The highest BCUT2D eigenvalue weighted by Crippen LogP contribution is 2.31. The molecule has 1 unspecified atom stereocenters. The van der Waals surface area contributed by atoms with Crippen LogP contribution in [0.3, 0.4) is 0 Å². The standard InChI is InChI=1S/C13H19NO3/c1-16-10-5-6-11(13(7-10)17-2)12(8-15)14-9-3-4-9/h5-7,9,12,14-15H,3-4,8H2,1-2H3. The molecule has 0 aromatic heterocycles. The molecule has 4 nitrogen and oxygen atoms in total. The van der Waals surface area contributed by atoms with Crippen molar-refractivity contribution in [2.24, 2.45) is 0 Å². The number of aliphatic hydroxyl groups excluding tert-OH is 1. The van der Waals surface area contributed by atoms with Crippen molar-refractivity contribution in [1.82, 2.24) is 5.32 Å². The Morgan fingerprint density at radius 3 is 2.65 bits per heavy atom. The second-order valence-electron chi connectivity index (χ2n) is 4.28. The van der Waals surface area contributed by atoms with Gasteiger partial charge in [0.2, 0.25) is 0 Å². The van der Waals surface area contributed by atoms with Crippen LogP contribution in [-0.2, 0) is 0 Å². The summed E-state index contributed by atoms with van der Waals surface area (Å²) in [7, 11) is 3.25. The fourth-order valence-electron chi connectivity index (χ4n) is 1.88. The van der Waals surface area contributed by atoms with E-state index in [0.717, 1.165) is 17.1 Å². The highest BCUT2D eigenvalue weighted by atomic mass is 16.5. The Bertz CT molecular complexity index is 377. The molecule has 0 amide bonds. The van der Waals surface area contributed by atoms with Crippen LogP contribution >= 0.6 is 0 Å². The zero-order valence-electron chi connectivity index (χ0n) is 10.3. The van der Waals surface area contributed by atoms with Crippen LogP contribution in [0.15, 0.2) is 18.2 Å². The van der Waals surface area contributed by atoms with E-state index in [0.29, 0.717) is 6.04 Å². The summed E-state index contributed by atoms with van der Waals surface area (Å²) in [5.74, 6) is 1.50. The maximum Gasteiger partial charge on any atom is 0.127 e. The van der Waals surface area contributed by atoms with Crippen LogP contribution in [0, 0.1) is 0 Å². The number of aliphatic hydroxyl groups is 1. The van der Waals surface area contributed by atoms with Gasteiger partial charge in [-0.1, -0.05) is 0 Å². The van der Waals surface area contributed by atoms with E-state index < -0.39 is 0 Å². The summed E-state index contributed by atoms with van der Waals surface area (Å²) in [5, 5.41) is 12.9. The first-order valence-corrected chi connectivity index (χ1v) is 5.87. The number of rotatable bonds is 6. The lowest BCUT2D eigenvalue weighted by Crippen LogP contribution is -2.26. The van der Waals surface area contributed by atoms with Gasteiger partial charge in [0.05, 0.1) is 26.9 Å². The average molecular weight is 237 g/mol. The van der Waals surface area contributed by atoms with Gasteiger partial charge in [-0.2, -0.15) is 0 Å². The Hall–Kier alpha value is -1.26. The van der Waals surface area contributed by atoms with Crippen LogP contribution in [0.4, 0.5) is 0 Å². The predicted molar refractivity (Wildman–Crippen MR) is 65.5 cm³/mol. The van der Waals surface area contributed by atoms with Crippen molar-refractivity contribution in [3.8, 4) is 11.5 Å². The monoisotopic (exact) mass is 237 g/mol. The van der Waals surface area contributed by atoms with Gasteiger partial charge in [0.25, 0.3) is 0 Å². The Labute approximate surface area is 102 Å². The molecule has 1 atom stereocenters. The summed E-state index contributed by atoms with van der Waals surface area (Å²) < 4.78 is 10.5. The number of hydrogen-bond donors (Lipinski definition) is 2. The highest BCUT2D eigenvalue weighted by Gasteiger charge is 2.26. The van der Waals surface area contributed by atoms with E-state index in [4.69, 9.17) is 9.47 Å². The molecule has 0 heterocycles. The van der Waals surface area contributed by atoms with E-state index >= 15 is 0 Å². The van der Waals surface area contributed by atoms with Gasteiger partial charge in [-0.25, -0.2) is 0 Å². The summed E-state index contributed by atoms with van der Waals surface area (Å²) in [6.45, 7) is 0.0686. The van der Waals surface area contributed by atoms with Gasteiger partial charge in [-0.05, 0) is 25.0 Å². The van der Waals surface area contributed by atoms with Crippen molar-refractivity contribution < 1.29 is 14.6 Å². The number of methoxy groups -OCH3 is 2. The summed E-state index contributed by atoms with van der Waals surface area (Å²) in [5.41, 5.74) is 0.975. The third kappa shape index (κ3) is 2.90. The molecule has 1 aromatic rings. The predicted octanol–water partition coefficient (Wildman–Crippen LogP) is 1.49. The molecule has 0 bridgehead atoms. The molecule has 0 spiro atoms. The van der Waals surface area contributed by atoms with Crippen LogP contribution in [-0.4, -0.2) is 32.0 Å². The third-order valence-corrected chi connectivity index (χ3v) is 3.01. The van der Waals surface area contributed by atoms with Gasteiger partial charge < -0.3 is 19.9 Å². The largest absolute Gasteiger partial charge is 0.497 e. The summed E-state index contributed by atoms with van der Waals surface area (Å²) in [6, 6.07) is 6.14.